The van der Waals surface area contributed by atoms with Crippen LogP contribution in [-0.2, 0) is 9.53 Å². The highest BCUT2D eigenvalue weighted by atomic mass is 19.4. The molecule has 102 valence electrons. The molecule has 0 N–H and O–H groups in total. The Bertz CT molecular complexity index is 496. The van der Waals surface area contributed by atoms with Crippen molar-refractivity contribution in [3.8, 4) is 0 Å². The summed E-state index contributed by atoms with van der Waals surface area (Å²) in [6, 6.07) is 8.22. The Labute approximate surface area is 108 Å². The van der Waals surface area contributed by atoms with Crippen molar-refractivity contribution in [2.75, 3.05) is 6.61 Å². The summed E-state index contributed by atoms with van der Waals surface area (Å²) in [6.07, 6.45) is -4.50. The molecule has 19 heavy (non-hydrogen) atoms. The lowest BCUT2D eigenvalue weighted by Crippen LogP contribution is -2.38. The molecule has 2 atom stereocenters. The van der Waals surface area contributed by atoms with E-state index in [0.717, 1.165) is 12.5 Å². The number of carbonyl (C=O) groups excluding carboxylic acids is 1. The molecule has 0 amide bonds. The minimum absolute atomic E-state index is 0.0308. The molecule has 0 unspecified atom stereocenters. The average Bonchev–Trinajstić information content (AvgIpc) is 2.38. The van der Waals surface area contributed by atoms with Gasteiger partial charge in [0.25, 0.3) is 0 Å². The summed E-state index contributed by atoms with van der Waals surface area (Å²) >= 11 is 0. The lowest BCUT2D eigenvalue weighted by atomic mass is 10.0. The molecule has 6 heteroatoms. The van der Waals surface area contributed by atoms with Crippen molar-refractivity contribution in [3.05, 3.63) is 35.9 Å². The third-order valence-electron chi connectivity index (χ3n) is 2.96. The third kappa shape index (κ3) is 2.94. The molecule has 1 aliphatic rings. The van der Waals surface area contributed by atoms with E-state index in [0.29, 0.717) is 0 Å². The second-order valence-corrected chi connectivity index (χ2v) is 4.30. The van der Waals surface area contributed by atoms with Crippen molar-refractivity contribution in [2.45, 2.75) is 19.1 Å². The van der Waals surface area contributed by atoms with Crippen LogP contribution in [-0.4, -0.2) is 24.5 Å². The molecule has 2 rings (SSSR count). The predicted molar refractivity (Wildman–Crippen MR) is 62.8 cm³/mol. The number of nitrogens with zero attached hydrogens (tertiary/aromatic N) is 1. The molecule has 0 saturated heterocycles. The summed E-state index contributed by atoms with van der Waals surface area (Å²) < 4.78 is 42.7. The van der Waals surface area contributed by atoms with Crippen molar-refractivity contribution in [3.63, 3.8) is 0 Å². The van der Waals surface area contributed by atoms with Crippen LogP contribution in [0.15, 0.2) is 35.3 Å². The normalized spacial score (nSPS) is 21.6. The topological polar surface area (TPSA) is 38.7 Å². The van der Waals surface area contributed by atoms with Crippen LogP contribution >= 0.6 is 0 Å². The van der Waals surface area contributed by atoms with Crippen molar-refractivity contribution >= 4 is 11.7 Å². The maximum Gasteiger partial charge on any atom is 0.397 e. The van der Waals surface area contributed by atoms with E-state index in [1.54, 1.807) is 30.3 Å². The first kappa shape index (κ1) is 13.6. The SMILES string of the molecule is C[C@@H](C1=N[C@H](c2ccccc2)COC1=O)C(F)(F)F. The Morgan fingerprint density at radius 2 is 1.95 bits per heavy atom. The number of aliphatic imine (C=N–C) groups is 1. The Kier molecular flexibility index (Phi) is 3.59. The summed E-state index contributed by atoms with van der Waals surface area (Å²) in [5.41, 5.74) is 0.162. The van der Waals surface area contributed by atoms with E-state index in [1.165, 1.54) is 0 Å². The fraction of sp³-hybridized carbons (Fsp3) is 0.385. The number of alkyl halides is 3. The summed E-state index contributed by atoms with van der Waals surface area (Å²) in [6.45, 7) is 0.879. The fourth-order valence-electron chi connectivity index (χ4n) is 1.78. The molecule has 0 fully saturated rings. The molecule has 1 heterocycles. The number of esters is 1. The molecule has 0 aliphatic carbocycles. The van der Waals surface area contributed by atoms with Gasteiger partial charge in [0.15, 0.2) is 0 Å². The van der Waals surface area contributed by atoms with Crippen LogP contribution in [0.3, 0.4) is 0 Å². The number of halogens is 3. The van der Waals surface area contributed by atoms with Gasteiger partial charge in [-0.1, -0.05) is 30.3 Å². The van der Waals surface area contributed by atoms with Crippen molar-refractivity contribution in [1.82, 2.24) is 0 Å². The van der Waals surface area contributed by atoms with Gasteiger partial charge in [-0.3, -0.25) is 4.99 Å². The summed E-state index contributed by atoms with van der Waals surface area (Å²) in [7, 11) is 0. The van der Waals surface area contributed by atoms with E-state index in [4.69, 9.17) is 4.74 Å². The van der Waals surface area contributed by atoms with Crippen LogP contribution in [0, 0.1) is 5.92 Å². The average molecular weight is 271 g/mol. The standard InChI is InChI=1S/C13H12F3NO2/c1-8(13(14,15)16)11-12(18)19-7-10(17-11)9-5-3-2-4-6-9/h2-6,8,10H,7H2,1H3/t8-,10-/m0/s1. The number of hydrogen-bond acceptors (Lipinski definition) is 3. The third-order valence-corrected chi connectivity index (χ3v) is 2.96. The molecule has 0 spiro atoms. The minimum atomic E-state index is -4.50. The van der Waals surface area contributed by atoms with Crippen LogP contribution in [0.2, 0.25) is 0 Å². The highest BCUT2D eigenvalue weighted by Crippen LogP contribution is 2.31. The first-order chi connectivity index (χ1) is 8.89. The second kappa shape index (κ2) is 5.03. The predicted octanol–water partition coefficient (Wildman–Crippen LogP) is 2.92. The van der Waals surface area contributed by atoms with E-state index in [2.05, 4.69) is 4.99 Å². The van der Waals surface area contributed by atoms with E-state index in [1.807, 2.05) is 0 Å². The second-order valence-electron chi connectivity index (χ2n) is 4.30. The molecule has 3 nitrogen and oxygen atoms in total. The van der Waals surface area contributed by atoms with Crippen LogP contribution in [0.25, 0.3) is 0 Å². The molecule has 0 radical (unpaired) electrons. The van der Waals surface area contributed by atoms with Gasteiger partial charge in [-0.05, 0) is 12.5 Å². The number of ether oxygens (including phenoxy) is 1. The number of carbonyl (C=O) groups is 1. The van der Waals surface area contributed by atoms with E-state index >= 15 is 0 Å². The van der Waals surface area contributed by atoms with Crippen LogP contribution in [0.1, 0.15) is 18.5 Å². The lowest BCUT2D eigenvalue weighted by Gasteiger charge is -2.24. The quantitative estimate of drug-likeness (QED) is 0.776. The van der Waals surface area contributed by atoms with Crippen molar-refractivity contribution < 1.29 is 22.7 Å². The molecule has 0 saturated carbocycles. The Hall–Kier alpha value is -1.85. The summed E-state index contributed by atoms with van der Waals surface area (Å²) in [5.74, 6) is -2.91. The van der Waals surface area contributed by atoms with E-state index in [9.17, 15) is 18.0 Å². The zero-order valence-electron chi connectivity index (χ0n) is 10.1. The fourth-order valence-corrected chi connectivity index (χ4v) is 1.78. The van der Waals surface area contributed by atoms with E-state index in [-0.39, 0.29) is 6.61 Å². The molecule has 1 aromatic carbocycles. The number of rotatable bonds is 2. The lowest BCUT2D eigenvalue weighted by molar-refractivity contribution is -0.157. The van der Waals surface area contributed by atoms with Crippen LogP contribution < -0.4 is 0 Å². The molecule has 1 aromatic rings. The zero-order chi connectivity index (χ0) is 14.0. The van der Waals surface area contributed by atoms with Crippen LogP contribution in [0.5, 0.6) is 0 Å². The Morgan fingerprint density at radius 3 is 2.53 bits per heavy atom. The smallest absolute Gasteiger partial charge is 0.397 e. The van der Waals surface area contributed by atoms with Gasteiger partial charge < -0.3 is 4.74 Å². The van der Waals surface area contributed by atoms with Crippen LogP contribution in [0.4, 0.5) is 13.2 Å². The van der Waals surface area contributed by atoms with Gasteiger partial charge in [0, 0.05) is 0 Å². The highest BCUT2D eigenvalue weighted by Gasteiger charge is 2.44. The maximum absolute atomic E-state index is 12.6. The molecular weight excluding hydrogens is 259 g/mol. The highest BCUT2D eigenvalue weighted by molar-refractivity contribution is 6.37. The van der Waals surface area contributed by atoms with E-state index < -0.39 is 29.8 Å². The Morgan fingerprint density at radius 1 is 1.32 bits per heavy atom. The van der Waals surface area contributed by atoms with Crippen molar-refractivity contribution in [1.29, 1.82) is 0 Å². The monoisotopic (exact) mass is 271 g/mol. The van der Waals surface area contributed by atoms with Gasteiger partial charge in [-0.2, -0.15) is 13.2 Å². The summed E-state index contributed by atoms with van der Waals surface area (Å²) in [5, 5.41) is 0. The first-order valence-electron chi connectivity index (χ1n) is 5.76. The van der Waals surface area contributed by atoms with Gasteiger partial charge in [-0.15, -0.1) is 0 Å². The molecular formula is C13H12F3NO2. The number of hydrogen-bond donors (Lipinski definition) is 0. The molecule has 1 aliphatic heterocycles. The minimum Gasteiger partial charge on any atom is -0.459 e. The van der Waals surface area contributed by atoms with Gasteiger partial charge in [0.2, 0.25) is 0 Å². The van der Waals surface area contributed by atoms with Gasteiger partial charge >= 0.3 is 12.1 Å². The van der Waals surface area contributed by atoms with Gasteiger partial charge in [0.1, 0.15) is 24.3 Å². The zero-order valence-corrected chi connectivity index (χ0v) is 10.1. The number of cyclic esters (lactones) is 1. The molecule has 0 aromatic heterocycles. The Balaban J connectivity index is 2.31. The maximum atomic E-state index is 12.6. The van der Waals surface area contributed by atoms with Gasteiger partial charge in [-0.25, -0.2) is 4.79 Å². The van der Waals surface area contributed by atoms with Gasteiger partial charge in [0.05, 0.1) is 0 Å². The largest absolute Gasteiger partial charge is 0.459 e. The molecule has 0 bridgehead atoms. The van der Waals surface area contributed by atoms with Crippen molar-refractivity contribution in [2.24, 2.45) is 10.9 Å². The number of benzene rings is 1. The first-order valence-corrected chi connectivity index (χ1v) is 5.76. The summed E-state index contributed by atoms with van der Waals surface area (Å²) in [4.78, 5) is 15.3.